The van der Waals surface area contributed by atoms with Crippen LogP contribution in [0.2, 0.25) is 0 Å². The number of halogens is 3. The molecular weight excluding hydrogens is 425 g/mol. The predicted octanol–water partition coefficient (Wildman–Crippen LogP) is 1.23. The van der Waals surface area contributed by atoms with E-state index >= 15 is 0 Å². The molecule has 0 atom stereocenters. The Morgan fingerprint density at radius 3 is 2.40 bits per heavy atom. The van der Waals surface area contributed by atoms with E-state index in [0.29, 0.717) is 23.0 Å². The van der Waals surface area contributed by atoms with Crippen LogP contribution in [0.15, 0.2) is 39.6 Å². The van der Waals surface area contributed by atoms with Gasteiger partial charge in [-0.05, 0) is 36.1 Å². The Labute approximate surface area is 169 Å². The third-order valence-electron chi connectivity index (χ3n) is 4.17. The fraction of sp³-hybridized carbons (Fsp3) is 0.250. The summed E-state index contributed by atoms with van der Waals surface area (Å²) in [6.07, 6.45) is -3.29. The molecule has 0 aliphatic rings. The van der Waals surface area contributed by atoms with Gasteiger partial charge in [0.15, 0.2) is 5.84 Å². The number of primary sulfonamides is 1. The molecule has 1 aromatic carbocycles. The van der Waals surface area contributed by atoms with E-state index < -0.39 is 38.1 Å². The summed E-state index contributed by atoms with van der Waals surface area (Å²) in [6.45, 7) is 0.133. The lowest BCUT2D eigenvalue weighted by Crippen LogP contribution is -2.24. The van der Waals surface area contributed by atoms with Gasteiger partial charge in [-0.15, -0.1) is 5.11 Å². The number of pyridine rings is 1. The largest absolute Gasteiger partial charge is 0.417 e. The van der Waals surface area contributed by atoms with E-state index in [0.717, 1.165) is 6.07 Å². The highest BCUT2D eigenvalue weighted by molar-refractivity contribution is 7.89. The first-order valence-corrected chi connectivity index (χ1v) is 9.83. The second-order valence-electron chi connectivity index (χ2n) is 6.17. The fourth-order valence-corrected chi connectivity index (χ4v) is 3.86. The molecule has 0 saturated heterocycles. The van der Waals surface area contributed by atoms with Crippen molar-refractivity contribution in [3.05, 3.63) is 52.3 Å². The van der Waals surface area contributed by atoms with E-state index in [-0.39, 0.29) is 24.9 Å². The smallest absolute Gasteiger partial charge is 0.397 e. The van der Waals surface area contributed by atoms with E-state index in [9.17, 15) is 21.6 Å². The summed E-state index contributed by atoms with van der Waals surface area (Å²) in [6, 6.07) is 3.25. The van der Waals surface area contributed by atoms with E-state index in [2.05, 4.69) is 15.3 Å². The minimum Gasteiger partial charge on any atom is -0.397 e. The number of benzene rings is 1. The Hall–Kier alpha value is -3.10. The van der Waals surface area contributed by atoms with Crippen molar-refractivity contribution in [2.24, 2.45) is 27.1 Å². The van der Waals surface area contributed by atoms with Crippen LogP contribution < -0.4 is 22.4 Å². The van der Waals surface area contributed by atoms with Crippen molar-refractivity contribution in [2.75, 3.05) is 5.73 Å². The summed E-state index contributed by atoms with van der Waals surface area (Å²) >= 11 is 0. The number of nitrogens with zero attached hydrogens (tertiary/aromatic N) is 3. The number of sulfonamides is 1. The van der Waals surface area contributed by atoms with Crippen molar-refractivity contribution in [1.82, 2.24) is 4.98 Å². The molecule has 2 rings (SSSR count). The monoisotopic (exact) mass is 444 g/mol. The summed E-state index contributed by atoms with van der Waals surface area (Å²) in [5.74, 6) is 4.01. The summed E-state index contributed by atoms with van der Waals surface area (Å²) in [5, 5.41) is 19.0. The lowest BCUT2D eigenvalue weighted by molar-refractivity contribution is -0.139. The maximum Gasteiger partial charge on any atom is 0.417 e. The van der Waals surface area contributed by atoms with Crippen LogP contribution in [0.4, 0.5) is 18.9 Å². The lowest BCUT2D eigenvalue weighted by Gasteiger charge is -2.18. The summed E-state index contributed by atoms with van der Waals surface area (Å²) in [7, 11) is -4.88. The third-order valence-corrected chi connectivity index (χ3v) is 5.16. The third kappa shape index (κ3) is 5.08. The normalized spacial score (nSPS) is 12.4. The first-order valence-electron chi connectivity index (χ1n) is 8.29. The molecule has 9 N–H and O–H groups in total. The predicted molar refractivity (Wildman–Crippen MR) is 103 cm³/mol. The van der Waals surface area contributed by atoms with Crippen molar-refractivity contribution in [1.29, 1.82) is 5.41 Å². The van der Waals surface area contributed by atoms with Crippen LogP contribution in [0.25, 0.3) is 0 Å². The van der Waals surface area contributed by atoms with Gasteiger partial charge in [0, 0.05) is 18.3 Å². The zero-order valence-electron chi connectivity index (χ0n) is 15.4. The van der Waals surface area contributed by atoms with Crippen LogP contribution in [0.5, 0.6) is 0 Å². The molecule has 30 heavy (non-hydrogen) atoms. The molecule has 0 aliphatic heterocycles. The quantitative estimate of drug-likeness (QED) is 0.146. The molecule has 10 nitrogen and oxygen atoms in total. The maximum absolute atomic E-state index is 13.4. The number of nitrogen functional groups attached to an aromatic ring is 1. The number of nitrogens with two attached hydrogens (primary N) is 4. The zero-order valence-corrected chi connectivity index (χ0v) is 16.3. The van der Waals surface area contributed by atoms with Gasteiger partial charge < -0.3 is 17.3 Å². The van der Waals surface area contributed by atoms with Crippen LogP contribution in [0.3, 0.4) is 0 Å². The molecule has 0 spiro atoms. The number of hydrogen-bond acceptors (Lipinski definition) is 7. The van der Waals surface area contributed by atoms with Crippen LogP contribution in [-0.4, -0.2) is 19.2 Å². The molecule has 162 valence electrons. The number of aromatic nitrogens is 1. The summed E-state index contributed by atoms with van der Waals surface area (Å²) in [5.41, 5.74) is 10.7. The standard InChI is InChI=1S/C16H19F3N8O2S/c17-16(18,19)10-4-3-9(2-1-8-5-11(21)12(6-20)25-7-8)13(15(22)26-27-23)14(10)30(24,28)29/h3-5,7H,1-2,6,20-21H2,(H3,22,23,26)(H2,24,28,29). The van der Waals surface area contributed by atoms with Crippen molar-refractivity contribution >= 4 is 21.5 Å². The van der Waals surface area contributed by atoms with Crippen molar-refractivity contribution in [2.45, 2.75) is 30.5 Å². The highest BCUT2D eigenvalue weighted by Gasteiger charge is 2.39. The van der Waals surface area contributed by atoms with E-state index in [1.165, 1.54) is 6.20 Å². The Balaban J connectivity index is 2.61. The maximum atomic E-state index is 13.4. The van der Waals surface area contributed by atoms with Gasteiger partial charge in [0.25, 0.3) is 0 Å². The second kappa shape index (κ2) is 8.73. The van der Waals surface area contributed by atoms with Gasteiger partial charge in [0.05, 0.1) is 16.9 Å². The first-order chi connectivity index (χ1) is 13.9. The molecule has 2 aromatic rings. The molecule has 0 bridgehead atoms. The second-order valence-corrected chi connectivity index (χ2v) is 7.67. The Kier molecular flexibility index (Phi) is 6.74. The lowest BCUT2D eigenvalue weighted by atomic mass is 9.97. The number of hydrogen-bond donors (Lipinski definition) is 5. The van der Waals surface area contributed by atoms with Gasteiger partial charge in [-0.1, -0.05) is 11.3 Å². The van der Waals surface area contributed by atoms with Gasteiger partial charge in [0.1, 0.15) is 4.90 Å². The van der Waals surface area contributed by atoms with Crippen molar-refractivity contribution < 1.29 is 21.6 Å². The Morgan fingerprint density at radius 2 is 1.90 bits per heavy atom. The average molecular weight is 444 g/mol. The van der Waals surface area contributed by atoms with Crippen LogP contribution >= 0.6 is 0 Å². The highest BCUT2D eigenvalue weighted by Crippen LogP contribution is 2.37. The molecule has 0 saturated carbocycles. The van der Waals surface area contributed by atoms with Crippen molar-refractivity contribution in [3.63, 3.8) is 0 Å². The molecule has 0 radical (unpaired) electrons. The highest BCUT2D eigenvalue weighted by atomic mass is 32.2. The van der Waals surface area contributed by atoms with Crippen LogP contribution in [-0.2, 0) is 35.6 Å². The van der Waals surface area contributed by atoms with Crippen LogP contribution in [0, 0.1) is 5.41 Å². The van der Waals surface area contributed by atoms with Gasteiger partial charge in [0.2, 0.25) is 10.0 Å². The van der Waals surface area contributed by atoms with E-state index in [1.807, 2.05) is 0 Å². The van der Waals surface area contributed by atoms with Gasteiger partial charge in [-0.2, -0.15) is 13.2 Å². The number of nitrogens with one attached hydrogen (secondary N) is 1. The Morgan fingerprint density at radius 1 is 1.23 bits per heavy atom. The topological polar surface area (TPSA) is 200 Å². The average Bonchev–Trinajstić information content (AvgIpc) is 2.64. The van der Waals surface area contributed by atoms with Crippen molar-refractivity contribution in [3.8, 4) is 0 Å². The SMILES string of the molecule is N=C(N=NN)c1c(CCc2cnc(CN)c(N)c2)ccc(C(F)(F)F)c1S(N)(=O)=O. The number of amidine groups is 1. The number of alkyl halides is 3. The van der Waals surface area contributed by atoms with Gasteiger partial charge in [-0.25, -0.2) is 13.6 Å². The number of aryl methyl sites for hydroxylation is 2. The van der Waals surface area contributed by atoms with E-state index in [1.54, 1.807) is 6.07 Å². The number of rotatable bonds is 6. The molecule has 1 aromatic heterocycles. The summed E-state index contributed by atoms with van der Waals surface area (Å²) < 4.78 is 64.2. The zero-order chi connectivity index (χ0) is 22.7. The molecule has 1 heterocycles. The van der Waals surface area contributed by atoms with E-state index in [4.69, 9.17) is 27.9 Å². The molecule has 0 aliphatic carbocycles. The molecule has 14 heteroatoms. The molecular formula is C16H19F3N8O2S. The minimum atomic E-state index is -5.04. The van der Waals surface area contributed by atoms with Gasteiger partial charge >= 0.3 is 6.18 Å². The molecule has 0 fully saturated rings. The fourth-order valence-electron chi connectivity index (χ4n) is 2.86. The number of anilines is 1. The van der Waals surface area contributed by atoms with Gasteiger partial charge in [-0.3, -0.25) is 10.4 Å². The molecule has 0 unspecified atom stereocenters. The first kappa shape index (κ1) is 23.2. The summed E-state index contributed by atoms with van der Waals surface area (Å²) in [4.78, 5) is 2.83. The Bertz CT molecular complexity index is 1100. The molecule has 0 amide bonds. The minimum absolute atomic E-state index is 0.0293. The van der Waals surface area contributed by atoms with Crippen LogP contribution in [0.1, 0.15) is 27.9 Å².